The smallest absolute Gasteiger partial charge is 0.149 e. The summed E-state index contributed by atoms with van der Waals surface area (Å²) < 4.78 is 11.8. The molecular weight excluding hydrogens is 420 g/mol. The molecule has 0 spiro atoms. The normalized spacial score (nSPS) is 22.1. The molecule has 0 amide bonds. The Morgan fingerprint density at radius 2 is 1.57 bits per heavy atom. The van der Waals surface area contributed by atoms with Gasteiger partial charge in [-0.05, 0) is 12.1 Å². The maximum atomic E-state index is 9.67. The second-order valence-electron chi connectivity index (χ2n) is 7.00. The number of nitrogens with zero attached hydrogens (tertiary/aromatic N) is 6. The van der Waals surface area contributed by atoms with E-state index in [1.165, 1.54) is 0 Å². The zero-order chi connectivity index (χ0) is 20.3. The summed E-state index contributed by atoms with van der Waals surface area (Å²) in [6, 6.07) is 6.08. The Morgan fingerprint density at radius 1 is 0.933 bits per heavy atom. The van der Waals surface area contributed by atoms with Crippen LogP contribution in [-0.4, -0.2) is 54.3 Å². The quantitative estimate of drug-likeness (QED) is 0.612. The van der Waals surface area contributed by atoms with E-state index in [-0.39, 0.29) is 12.2 Å². The number of anilines is 2. The van der Waals surface area contributed by atoms with E-state index in [0.717, 1.165) is 22.4 Å². The van der Waals surface area contributed by atoms with E-state index in [1.807, 2.05) is 22.9 Å². The van der Waals surface area contributed by atoms with Crippen LogP contribution in [0.15, 0.2) is 35.3 Å². The van der Waals surface area contributed by atoms with Gasteiger partial charge in [-0.15, -0.1) is 22.7 Å². The molecule has 5 heterocycles. The third kappa shape index (κ3) is 3.89. The van der Waals surface area contributed by atoms with Gasteiger partial charge in [-0.2, -0.15) is 5.26 Å². The highest BCUT2D eigenvalue weighted by Gasteiger charge is 2.28. The number of ether oxygens (including phenoxy) is 2. The van der Waals surface area contributed by atoms with Crippen molar-refractivity contribution in [3.05, 3.63) is 50.9 Å². The van der Waals surface area contributed by atoms with Crippen molar-refractivity contribution in [2.75, 3.05) is 49.2 Å². The maximum absolute atomic E-state index is 9.67. The van der Waals surface area contributed by atoms with E-state index in [0.29, 0.717) is 44.2 Å². The molecule has 0 bridgehead atoms. The number of hydrogen-bond donors (Lipinski definition) is 0. The summed E-state index contributed by atoms with van der Waals surface area (Å²) in [5, 5.41) is 15.5. The minimum absolute atomic E-state index is 0.0580. The van der Waals surface area contributed by atoms with Crippen LogP contribution in [0.3, 0.4) is 0 Å². The first-order valence-corrected chi connectivity index (χ1v) is 11.5. The van der Waals surface area contributed by atoms with Crippen molar-refractivity contribution in [2.45, 2.75) is 12.2 Å². The molecule has 2 aliphatic heterocycles. The third-order valence-corrected chi connectivity index (χ3v) is 6.93. The van der Waals surface area contributed by atoms with Crippen molar-refractivity contribution in [3.8, 4) is 6.07 Å². The van der Waals surface area contributed by atoms with Crippen molar-refractivity contribution in [1.82, 2.24) is 15.0 Å². The fraction of sp³-hybridized carbons (Fsp3) is 0.400. The van der Waals surface area contributed by atoms with Crippen LogP contribution in [-0.2, 0) is 9.47 Å². The molecule has 10 heteroatoms. The van der Waals surface area contributed by atoms with E-state index in [1.54, 1.807) is 35.1 Å². The lowest BCUT2D eigenvalue weighted by Gasteiger charge is -2.35. The minimum atomic E-state index is -0.103. The Kier molecular flexibility index (Phi) is 5.59. The summed E-state index contributed by atoms with van der Waals surface area (Å²) in [5.74, 6) is 1.56. The first kappa shape index (κ1) is 19.4. The van der Waals surface area contributed by atoms with Gasteiger partial charge in [0.05, 0.1) is 31.9 Å². The fourth-order valence-corrected chi connectivity index (χ4v) is 5.08. The predicted octanol–water partition coefficient (Wildman–Crippen LogP) is 3.02. The van der Waals surface area contributed by atoms with Crippen LogP contribution in [0.1, 0.15) is 27.8 Å². The number of nitriles is 1. The molecule has 3 aromatic heterocycles. The standard InChI is InChI=1S/C20H20N6O2S2/c21-11-14-1-2-17(25-5-7-27-15(12-25)19-22-3-9-29-19)24-18(14)26-6-8-28-16(13-26)20-23-4-10-30-20/h1-4,9-10,15-16H,5-8,12-13H2. The van der Waals surface area contributed by atoms with Crippen molar-refractivity contribution in [3.63, 3.8) is 0 Å². The van der Waals surface area contributed by atoms with E-state index >= 15 is 0 Å². The molecule has 30 heavy (non-hydrogen) atoms. The highest BCUT2D eigenvalue weighted by molar-refractivity contribution is 7.09. The van der Waals surface area contributed by atoms with Gasteiger partial charge in [-0.1, -0.05) is 0 Å². The van der Waals surface area contributed by atoms with Crippen molar-refractivity contribution >= 4 is 34.3 Å². The minimum Gasteiger partial charge on any atom is -0.367 e. The molecule has 0 saturated carbocycles. The molecule has 2 aliphatic rings. The van der Waals surface area contributed by atoms with Crippen molar-refractivity contribution in [1.29, 1.82) is 5.26 Å². The molecule has 0 aromatic carbocycles. The monoisotopic (exact) mass is 440 g/mol. The van der Waals surface area contributed by atoms with Crippen LogP contribution < -0.4 is 9.80 Å². The number of morpholine rings is 2. The van der Waals surface area contributed by atoms with Gasteiger partial charge in [-0.3, -0.25) is 0 Å². The van der Waals surface area contributed by atoms with Crippen LogP contribution in [0, 0.1) is 11.3 Å². The van der Waals surface area contributed by atoms with Gasteiger partial charge in [0.15, 0.2) is 0 Å². The molecular formula is C20H20N6O2S2. The van der Waals surface area contributed by atoms with E-state index in [9.17, 15) is 5.26 Å². The van der Waals surface area contributed by atoms with E-state index < -0.39 is 0 Å². The zero-order valence-corrected chi connectivity index (χ0v) is 17.8. The first-order valence-electron chi connectivity index (χ1n) is 9.75. The summed E-state index contributed by atoms with van der Waals surface area (Å²) >= 11 is 3.19. The number of thiazole rings is 2. The fourth-order valence-electron chi connectivity index (χ4n) is 3.73. The highest BCUT2D eigenvalue weighted by Crippen LogP contribution is 2.31. The topological polar surface area (TPSA) is 87.4 Å². The largest absolute Gasteiger partial charge is 0.367 e. The Morgan fingerprint density at radius 3 is 2.17 bits per heavy atom. The molecule has 0 radical (unpaired) electrons. The molecule has 2 saturated heterocycles. The number of pyridine rings is 1. The SMILES string of the molecule is N#Cc1ccc(N2CCOC(c3nccs3)C2)nc1N1CCOC(c2nccs2)C1. The second kappa shape index (κ2) is 8.65. The average Bonchev–Trinajstić information content (AvgIpc) is 3.53. The molecule has 0 aliphatic carbocycles. The molecule has 0 N–H and O–H groups in total. The van der Waals surface area contributed by atoms with Gasteiger partial charge in [-0.25, -0.2) is 15.0 Å². The van der Waals surface area contributed by atoms with Crippen LogP contribution in [0.2, 0.25) is 0 Å². The lowest BCUT2D eigenvalue weighted by Crippen LogP contribution is -2.41. The predicted molar refractivity (Wildman–Crippen MR) is 115 cm³/mol. The van der Waals surface area contributed by atoms with Crippen LogP contribution in [0.25, 0.3) is 0 Å². The molecule has 2 unspecified atom stereocenters. The second-order valence-corrected chi connectivity index (χ2v) is 8.86. The zero-order valence-electron chi connectivity index (χ0n) is 16.2. The summed E-state index contributed by atoms with van der Waals surface area (Å²) in [6.07, 6.45) is 3.43. The lowest BCUT2D eigenvalue weighted by molar-refractivity contribution is 0.0387. The molecule has 3 aromatic rings. The van der Waals surface area contributed by atoms with Crippen LogP contribution in [0.5, 0.6) is 0 Å². The van der Waals surface area contributed by atoms with Gasteiger partial charge in [0, 0.05) is 36.2 Å². The highest BCUT2D eigenvalue weighted by atomic mass is 32.1. The Bertz CT molecular complexity index is 1020. The number of rotatable bonds is 4. The number of aromatic nitrogens is 3. The third-order valence-electron chi connectivity index (χ3n) is 5.19. The average molecular weight is 441 g/mol. The molecule has 5 rings (SSSR count). The van der Waals surface area contributed by atoms with Gasteiger partial charge in [0.25, 0.3) is 0 Å². The summed E-state index contributed by atoms with van der Waals surface area (Å²) in [7, 11) is 0. The van der Waals surface area contributed by atoms with Gasteiger partial charge >= 0.3 is 0 Å². The van der Waals surface area contributed by atoms with E-state index in [2.05, 4.69) is 25.8 Å². The van der Waals surface area contributed by atoms with Gasteiger partial charge in [0.1, 0.15) is 39.9 Å². The Hall–Kier alpha value is -2.58. The van der Waals surface area contributed by atoms with E-state index in [4.69, 9.17) is 14.5 Å². The summed E-state index contributed by atoms with van der Waals surface area (Å²) in [6.45, 7) is 3.96. The lowest BCUT2D eigenvalue weighted by atomic mass is 10.2. The van der Waals surface area contributed by atoms with Crippen molar-refractivity contribution in [2.24, 2.45) is 0 Å². The molecule has 8 nitrogen and oxygen atoms in total. The summed E-state index contributed by atoms with van der Waals surface area (Å²) in [5.41, 5.74) is 0.572. The van der Waals surface area contributed by atoms with Gasteiger partial charge in [0.2, 0.25) is 0 Å². The molecule has 2 fully saturated rings. The Balaban J connectivity index is 1.39. The summed E-state index contributed by atoms with van der Waals surface area (Å²) in [4.78, 5) is 18.0. The van der Waals surface area contributed by atoms with Crippen LogP contribution >= 0.6 is 22.7 Å². The van der Waals surface area contributed by atoms with Gasteiger partial charge < -0.3 is 19.3 Å². The number of hydrogen-bond acceptors (Lipinski definition) is 10. The van der Waals surface area contributed by atoms with Crippen molar-refractivity contribution < 1.29 is 9.47 Å². The van der Waals surface area contributed by atoms with Crippen LogP contribution in [0.4, 0.5) is 11.6 Å². The first-order chi connectivity index (χ1) is 14.8. The Labute approximate surface area is 182 Å². The maximum Gasteiger partial charge on any atom is 0.149 e. The molecule has 154 valence electrons. The molecule has 2 atom stereocenters.